The minimum atomic E-state index is -0.150. The van der Waals surface area contributed by atoms with Crippen molar-refractivity contribution in [3.05, 3.63) is 0 Å². The summed E-state index contributed by atoms with van der Waals surface area (Å²) in [6.07, 6.45) is 0. The van der Waals surface area contributed by atoms with Gasteiger partial charge in [-0.15, -0.1) is 11.8 Å². The molecule has 14 heteroatoms. The molecule has 0 saturated heterocycles. The van der Waals surface area contributed by atoms with E-state index in [4.69, 9.17) is 29.4 Å². The summed E-state index contributed by atoms with van der Waals surface area (Å²) in [5.41, 5.74) is 1.07. The van der Waals surface area contributed by atoms with Crippen molar-refractivity contribution in [3.8, 4) is 0 Å². The molecule has 7 heterocycles. The van der Waals surface area contributed by atoms with Crippen LogP contribution in [0.15, 0.2) is 34.9 Å². The number of thioether (sulfide) groups is 1. The lowest BCUT2D eigenvalue weighted by Crippen LogP contribution is -2.64. The lowest BCUT2D eigenvalue weighted by molar-refractivity contribution is -0.0774. The molecule has 92 heavy (non-hydrogen) atoms. The maximum atomic E-state index is 5.77. The zero-order valence-electron chi connectivity index (χ0n) is 70.6. The predicted octanol–water partition coefficient (Wildman–Crippen LogP) is 20.5. The Morgan fingerprint density at radius 2 is 0.435 bits per heavy atom. The second-order valence-electron chi connectivity index (χ2n) is 38.5. The molecule has 0 N–H and O–H groups in total. The second-order valence-corrected chi connectivity index (χ2v) is 40.3. The Labute approximate surface area is 575 Å². The molecule has 0 aromatic heterocycles. The lowest BCUT2D eigenvalue weighted by Gasteiger charge is -2.58. The molecular weight excluding hydrogens is 1150 g/mol. The number of amidine groups is 4. The molecular formula is C78H153N11O2S. The molecule has 0 spiro atoms. The van der Waals surface area contributed by atoms with Crippen molar-refractivity contribution in [1.82, 2.24) is 19.6 Å². The van der Waals surface area contributed by atoms with Gasteiger partial charge in [-0.05, 0) is 228 Å². The van der Waals surface area contributed by atoms with Gasteiger partial charge < -0.3 is 29.1 Å². The van der Waals surface area contributed by atoms with Gasteiger partial charge in [0, 0.05) is 95.9 Å². The zero-order valence-corrected chi connectivity index (χ0v) is 71.5. The van der Waals surface area contributed by atoms with E-state index >= 15 is 0 Å². The van der Waals surface area contributed by atoms with Gasteiger partial charge in [-0.25, -0.2) is 9.98 Å². The summed E-state index contributed by atoms with van der Waals surface area (Å²) in [7, 11) is 8.51. The summed E-state index contributed by atoms with van der Waals surface area (Å²) >= 11 is 1.90. The maximum Gasteiger partial charge on any atom is 0.181 e. The predicted molar refractivity (Wildman–Crippen MR) is 412 cm³/mol. The van der Waals surface area contributed by atoms with Crippen LogP contribution < -0.4 is 0 Å². The number of aliphatic imine (C=N–C) groups is 7. The fourth-order valence-electron chi connectivity index (χ4n) is 13.4. The maximum absolute atomic E-state index is 5.77. The van der Waals surface area contributed by atoms with Crippen molar-refractivity contribution in [2.45, 2.75) is 402 Å². The van der Waals surface area contributed by atoms with Crippen molar-refractivity contribution >= 4 is 51.9 Å². The van der Waals surface area contributed by atoms with Gasteiger partial charge in [0.05, 0.1) is 72.7 Å². The smallest absolute Gasteiger partial charge is 0.181 e. The van der Waals surface area contributed by atoms with E-state index < -0.39 is 0 Å². The van der Waals surface area contributed by atoms with Gasteiger partial charge in [0.15, 0.2) is 11.8 Å². The van der Waals surface area contributed by atoms with E-state index in [-0.39, 0.29) is 109 Å². The highest BCUT2D eigenvalue weighted by atomic mass is 32.2. The number of ether oxygens (including phenoxy) is 2. The van der Waals surface area contributed by atoms with E-state index in [1.807, 2.05) is 25.6 Å². The van der Waals surface area contributed by atoms with E-state index in [9.17, 15) is 0 Å². The Morgan fingerprint density at radius 1 is 0.239 bits per heavy atom. The Balaban J connectivity index is 0.000000537. The molecule has 0 radical (unpaired) electrons. The second kappa shape index (κ2) is 25.9. The molecule has 0 aromatic carbocycles. The van der Waals surface area contributed by atoms with Crippen LogP contribution in [0.25, 0.3) is 0 Å². The fraction of sp³-hybridized carbons (Fsp3) is 0.910. The summed E-state index contributed by atoms with van der Waals surface area (Å²) < 4.78 is 11.8. The van der Waals surface area contributed by atoms with Gasteiger partial charge >= 0.3 is 0 Å². The van der Waals surface area contributed by atoms with Gasteiger partial charge in [-0.2, -0.15) is 0 Å². The number of nitrogens with zero attached hydrogens (tertiary/aromatic N) is 11. The molecule has 7 aliphatic rings. The summed E-state index contributed by atoms with van der Waals surface area (Å²) in [5, 5.41) is 1.22. The zero-order chi connectivity index (χ0) is 74.4. The highest BCUT2D eigenvalue weighted by Crippen LogP contribution is 2.55. The van der Waals surface area contributed by atoms with Crippen LogP contribution in [0.3, 0.4) is 0 Å². The molecule has 0 saturated carbocycles. The molecule has 0 fully saturated rings. The monoisotopic (exact) mass is 1310 g/mol. The highest BCUT2D eigenvalue weighted by molar-refractivity contribution is 8.15. The molecule has 7 rings (SSSR count). The molecule has 7 aliphatic heterocycles. The first-order valence-electron chi connectivity index (χ1n) is 34.7. The van der Waals surface area contributed by atoms with Crippen molar-refractivity contribution < 1.29 is 9.47 Å². The summed E-state index contributed by atoms with van der Waals surface area (Å²) in [4.78, 5) is 41.9. The number of likely N-dealkylation sites (N-methyl/N-ethyl adjacent to an activating group) is 1. The fourth-order valence-corrected chi connectivity index (χ4v) is 14.9. The first kappa shape index (κ1) is 86.9. The van der Waals surface area contributed by atoms with Gasteiger partial charge in [0.2, 0.25) is 0 Å². The summed E-state index contributed by atoms with van der Waals surface area (Å²) in [6, 6.07) is 0. The van der Waals surface area contributed by atoms with Crippen LogP contribution in [0.4, 0.5) is 0 Å². The van der Waals surface area contributed by atoms with Crippen molar-refractivity contribution in [1.29, 1.82) is 0 Å². The molecule has 0 aromatic rings. The van der Waals surface area contributed by atoms with E-state index in [0.29, 0.717) is 0 Å². The van der Waals surface area contributed by atoms with E-state index in [0.717, 1.165) is 35.1 Å². The van der Waals surface area contributed by atoms with Crippen LogP contribution >= 0.6 is 11.8 Å². The standard InChI is InChI=1S/3C12H24N2.2C11H21NO.C11H21NS.C9H18N2/c3*1-9-13-11(4,5)10(2,3)12(6,7)14(9)8;3*1-8-12-10(4,5)9(2,3)11(6,7)13-8;1-7-10-8(2,3)9(4,5)11(7)6/h3*1-8H3;3*1-7H3;1-6H3. The molecule has 0 amide bonds. The molecule has 0 aliphatic carbocycles. The third-order valence-corrected chi connectivity index (χ3v) is 30.8. The van der Waals surface area contributed by atoms with Gasteiger partial charge in [-0.1, -0.05) is 83.1 Å². The SMILES string of the molecule is CC1=NC(C)(C)C(C)(C)C(C)(C)N1C.CC1=NC(C)(C)C(C)(C)C(C)(C)N1C.CC1=NC(C)(C)C(C)(C)C(C)(C)N1C.CC1=NC(C)(C)C(C)(C)C(C)(C)O1.CC1=NC(C)(C)C(C)(C)C(C)(C)O1.CC1=NC(C)(C)C(C)(C)C(C)(C)S1.CC1=NC(C)(C)C(C)(C)N1C. The Morgan fingerprint density at radius 3 is 0.620 bits per heavy atom. The number of hydrogen-bond donors (Lipinski definition) is 0. The van der Waals surface area contributed by atoms with Crippen LogP contribution in [0.1, 0.15) is 325 Å². The summed E-state index contributed by atoms with van der Waals surface area (Å²) in [5.74, 6) is 6.15. The van der Waals surface area contributed by atoms with Crippen molar-refractivity contribution in [2.75, 3.05) is 28.2 Å². The van der Waals surface area contributed by atoms with Gasteiger partial charge in [-0.3, -0.25) is 25.0 Å². The Hall–Kier alpha value is -3.16. The first-order chi connectivity index (χ1) is 39.7. The van der Waals surface area contributed by atoms with Crippen molar-refractivity contribution in [2.24, 2.45) is 67.4 Å². The quantitative estimate of drug-likeness (QED) is 0.237. The molecule has 13 nitrogen and oxygen atoms in total. The van der Waals surface area contributed by atoms with Crippen LogP contribution in [-0.4, -0.2) is 165 Å². The van der Waals surface area contributed by atoms with Gasteiger partial charge in [0.1, 0.15) is 11.2 Å². The number of rotatable bonds is 0. The topological polar surface area (TPSA) is 118 Å². The average Bonchev–Trinajstić information content (AvgIpc) is 1.18. The summed E-state index contributed by atoms with van der Waals surface area (Å²) in [6.45, 7) is 104. The molecule has 0 unspecified atom stereocenters. The van der Waals surface area contributed by atoms with E-state index in [2.05, 4.69) is 374 Å². The van der Waals surface area contributed by atoms with Gasteiger partial charge in [0.25, 0.3) is 0 Å². The lowest BCUT2D eigenvalue weighted by atomic mass is 9.61. The minimum absolute atomic E-state index is 0.00704. The van der Waals surface area contributed by atoms with Crippen LogP contribution in [0.2, 0.25) is 0 Å². The van der Waals surface area contributed by atoms with Crippen LogP contribution in [0.5, 0.6) is 0 Å². The van der Waals surface area contributed by atoms with Crippen LogP contribution in [0, 0.1) is 32.5 Å². The third kappa shape index (κ3) is 15.4. The minimum Gasteiger partial charge on any atom is -0.475 e. The molecule has 0 atom stereocenters. The Bertz CT molecular complexity index is 2580. The Kier molecular flexibility index (Phi) is 24.5. The average molecular weight is 1310 g/mol. The van der Waals surface area contributed by atoms with Crippen LogP contribution in [-0.2, 0) is 9.47 Å². The number of hydrogen-bond acceptors (Lipinski definition) is 14. The molecule has 538 valence electrons. The van der Waals surface area contributed by atoms with E-state index in [1.165, 1.54) is 5.04 Å². The largest absolute Gasteiger partial charge is 0.475 e. The first-order valence-corrected chi connectivity index (χ1v) is 35.5. The third-order valence-electron chi connectivity index (χ3n) is 29.4. The highest BCUT2D eigenvalue weighted by Gasteiger charge is 2.58. The van der Waals surface area contributed by atoms with Crippen molar-refractivity contribution in [3.63, 3.8) is 0 Å². The normalized spacial score (nSPS) is 28.7. The molecule has 0 bridgehead atoms. The van der Waals surface area contributed by atoms with E-state index in [1.54, 1.807) is 0 Å².